The number of aromatic hydroxyl groups is 1. The van der Waals surface area contributed by atoms with E-state index in [1.807, 2.05) is 44.2 Å². The molecule has 0 spiro atoms. The first-order chi connectivity index (χ1) is 16.7. The maximum absolute atomic E-state index is 12.0. The molecule has 0 bridgehead atoms. The van der Waals surface area contributed by atoms with E-state index in [2.05, 4.69) is 29.8 Å². The monoisotopic (exact) mass is 482 g/mol. The number of hydrogen-bond acceptors (Lipinski definition) is 6. The van der Waals surface area contributed by atoms with Crippen LogP contribution in [0.15, 0.2) is 59.9 Å². The second-order valence-corrected chi connectivity index (χ2v) is 8.13. The Kier molecular flexibility index (Phi) is 12.7. The number of ketones is 1. The molecule has 3 rings (SSSR count). The Morgan fingerprint density at radius 1 is 1.09 bits per heavy atom. The van der Waals surface area contributed by atoms with E-state index in [1.165, 1.54) is 11.3 Å². The van der Waals surface area contributed by atoms with Crippen LogP contribution >= 0.6 is 0 Å². The van der Waals surface area contributed by atoms with Crippen molar-refractivity contribution in [2.45, 2.75) is 46.6 Å². The van der Waals surface area contributed by atoms with E-state index in [0.717, 1.165) is 24.2 Å². The van der Waals surface area contributed by atoms with Crippen molar-refractivity contribution in [1.82, 2.24) is 15.5 Å². The first-order valence-electron chi connectivity index (χ1n) is 11.8. The lowest BCUT2D eigenvalue weighted by Gasteiger charge is -2.25. The van der Waals surface area contributed by atoms with E-state index in [9.17, 15) is 19.5 Å². The van der Waals surface area contributed by atoms with Crippen LogP contribution in [0.2, 0.25) is 0 Å². The predicted molar refractivity (Wildman–Crippen MR) is 140 cm³/mol. The summed E-state index contributed by atoms with van der Waals surface area (Å²) in [7, 11) is 3.23. The highest BCUT2D eigenvalue weighted by Gasteiger charge is 2.28. The average molecular weight is 483 g/mol. The summed E-state index contributed by atoms with van der Waals surface area (Å²) in [6.07, 6.45) is 2.34. The molecule has 0 saturated carbocycles. The molecule has 190 valence electrons. The van der Waals surface area contributed by atoms with Crippen LogP contribution < -0.4 is 16.0 Å². The fourth-order valence-corrected chi connectivity index (χ4v) is 3.04. The fraction of sp³-hybridized carbons (Fsp3) is 0.370. The summed E-state index contributed by atoms with van der Waals surface area (Å²) < 4.78 is 0. The third kappa shape index (κ3) is 8.81. The van der Waals surface area contributed by atoms with Crippen molar-refractivity contribution < 1.29 is 19.5 Å². The highest BCUT2D eigenvalue weighted by Crippen LogP contribution is 2.32. The van der Waals surface area contributed by atoms with Crippen LogP contribution in [0.1, 0.15) is 62.5 Å². The number of carbonyl (C=O) groups is 3. The van der Waals surface area contributed by atoms with Crippen molar-refractivity contribution in [2.75, 3.05) is 26.0 Å². The number of para-hydroxylation sites is 1. The van der Waals surface area contributed by atoms with Gasteiger partial charge in [-0.1, -0.05) is 56.7 Å². The van der Waals surface area contributed by atoms with Gasteiger partial charge < -0.3 is 26.0 Å². The van der Waals surface area contributed by atoms with E-state index in [1.54, 1.807) is 32.3 Å². The number of carbonyl (C=O) groups excluding carboxylic acids is 3. The number of amides is 2. The number of hydrogen-bond donors (Lipinski definition) is 4. The third-order valence-electron chi connectivity index (χ3n) is 4.86. The Bertz CT molecular complexity index is 1000. The molecule has 0 fully saturated rings. The van der Waals surface area contributed by atoms with Crippen LogP contribution in [-0.2, 0) is 9.59 Å². The number of benzene rings is 2. The summed E-state index contributed by atoms with van der Waals surface area (Å²) >= 11 is 0. The van der Waals surface area contributed by atoms with Gasteiger partial charge in [-0.25, -0.2) is 0 Å². The zero-order chi connectivity index (χ0) is 26.4. The van der Waals surface area contributed by atoms with E-state index in [0.29, 0.717) is 17.8 Å². The molecule has 2 aromatic carbocycles. The summed E-state index contributed by atoms with van der Waals surface area (Å²) in [6, 6.07) is 14.8. The molecule has 0 saturated heterocycles. The van der Waals surface area contributed by atoms with Gasteiger partial charge in [0, 0.05) is 26.3 Å². The summed E-state index contributed by atoms with van der Waals surface area (Å²) in [4.78, 5) is 35.1. The number of Topliss-reactive ketones (excluding diaryl/α,β-unsaturated/α-hetero) is 1. The Morgan fingerprint density at radius 3 is 2.23 bits per heavy atom. The molecule has 1 aliphatic carbocycles. The molecule has 0 aromatic heterocycles. The Morgan fingerprint density at radius 2 is 1.71 bits per heavy atom. The number of phenols is 1. The first-order valence-corrected chi connectivity index (χ1v) is 11.8. The molecule has 2 amide bonds. The van der Waals surface area contributed by atoms with Crippen LogP contribution in [0.4, 0.5) is 5.69 Å². The molecule has 8 nitrogen and oxygen atoms in total. The minimum Gasteiger partial charge on any atom is -0.505 e. The molecule has 1 aliphatic rings. The molecule has 4 N–H and O–H groups in total. The smallest absolute Gasteiger partial charge is 0.257 e. The van der Waals surface area contributed by atoms with Gasteiger partial charge in [0.05, 0.1) is 23.7 Å². The summed E-state index contributed by atoms with van der Waals surface area (Å²) in [5.41, 5.74) is 2.94. The number of nitrogens with one attached hydrogen (secondary N) is 3. The summed E-state index contributed by atoms with van der Waals surface area (Å²) in [5.74, 6) is -0.467. The number of nitrogens with zero attached hydrogens (tertiary/aromatic N) is 1. The van der Waals surface area contributed by atoms with Crippen molar-refractivity contribution >= 4 is 23.8 Å². The van der Waals surface area contributed by atoms with E-state index < -0.39 is 0 Å². The maximum Gasteiger partial charge on any atom is 0.257 e. The van der Waals surface area contributed by atoms with E-state index in [4.69, 9.17) is 0 Å². The molecule has 0 radical (unpaired) electrons. The van der Waals surface area contributed by atoms with Gasteiger partial charge >= 0.3 is 0 Å². The van der Waals surface area contributed by atoms with Crippen LogP contribution in [0, 0.1) is 0 Å². The second-order valence-electron chi connectivity index (χ2n) is 8.13. The highest BCUT2D eigenvalue weighted by molar-refractivity contribution is 6.07. The number of anilines is 1. The lowest BCUT2D eigenvalue weighted by Crippen LogP contribution is -2.32. The minimum atomic E-state index is -0.294. The highest BCUT2D eigenvalue weighted by atomic mass is 16.3. The van der Waals surface area contributed by atoms with Gasteiger partial charge in [0.1, 0.15) is 5.70 Å². The van der Waals surface area contributed by atoms with Crippen LogP contribution in [-0.4, -0.2) is 48.7 Å². The second kappa shape index (κ2) is 15.2. The average Bonchev–Trinajstić information content (AvgIpc) is 2.84. The zero-order valence-corrected chi connectivity index (χ0v) is 21.5. The van der Waals surface area contributed by atoms with Crippen molar-refractivity contribution in [1.29, 1.82) is 0 Å². The first kappa shape index (κ1) is 29.2. The van der Waals surface area contributed by atoms with Crippen LogP contribution in [0.25, 0.3) is 0 Å². The molecule has 1 unspecified atom stereocenters. The number of phenolic OH excluding ortho intramolecular Hbond substituents is 1. The number of rotatable bonds is 8. The Hall–Kier alpha value is -3.81. The standard InChI is InChI=1S/C15H19N3O3.C9H11NO.C3H8/c1-4-16-11-8-12(19)13(11)17-10-7-5-6-9(14(10)20)15(21)18(2)3;1-8(10-7-11)9-5-3-2-4-6-9;1-3-2/h5-7,16-17,20H,4,8H2,1-3H3;2-8H,1H3,(H,10,11);3H2,1-2H3. The Labute approximate surface area is 208 Å². The van der Waals surface area contributed by atoms with Crippen LogP contribution in [0.5, 0.6) is 5.75 Å². The summed E-state index contributed by atoms with van der Waals surface area (Å²) in [5, 5.41) is 18.9. The Balaban J connectivity index is 0.000000366. The maximum atomic E-state index is 12.0. The van der Waals surface area contributed by atoms with Gasteiger partial charge in [-0.15, -0.1) is 0 Å². The quantitative estimate of drug-likeness (QED) is 0.331. The van der Waals surface area contributed by atoms with Crippen molar-refractivity contribution in [3.05, 3.63) is 71.1 Å². The van der Waals surface area contributed by atoms with Gasteiger partial charge in [0.15, 0.2) is 11.5 Å². The SMILES string of the molecule is CC(NC=O)c1ccccc1.CCC.CCNC1=C(Nc2cccc(C(=O)N(C)C)c2O)C(=O)C1. The largest absolute Gasteiger partial charge is 0.505 e. The molecule has 0 aliphatic heterocycles. The van der Waals surface area contributed by atoms with E-state index >= 15 is 0 Å². The molecule has 35 heavy (non-hydrogen) atoms. The fourth-order valence-electron chi connectivity index (χ4n) is 3.04. The zero-order valence-electron chi connectivity index (χ0n) is 21.5. The van der Waals surface area contributed by atoms with Crippen LogP contribution in [0.3, 0.4) is 0 Å². The van der Waals surface area contributed by atoms with Crippen molar-refractivity contribution in [3.8, 4) is 5.75 Å². The van der Waals surface area contributed by atoms with Crippen molar-refractivity contribution in [3.63, 3.8) is 0 Å². The van der Waals surface area contributed by atoms with E-state index in [-0.39, 0.29) is 29.0 Å². The van der Waals surface area contributed by atoms with Crippen molar-refractivity contribution in [2.24, 2.45) is 0 Å². The van der Waals surface area contributed by atoms with Gasteiger partial charge in [-0.05, 0) is 31.5 Å². The van der Waals surface area contributed by atoms with Gasteiger partial charge in [-0.3, -0.25) is 14.4 Å². The minimum absolute atomic E-state index is 0.0188. The van der Waals surface area contributed by atoms with Gasteiger partial charge in [-0.2, -0.15) is 0 Å². The normalized spacial score (nSPS) is 12.6. The predicted octanol–water partition coefficient (Wildman–Crippen LogP) is 4.21. The molecular weight excluding hydrogens is 444 g/mol. The molecule has 0 heterocycles. The van der Waals surface area contributed by atoms with Gasteiger partial charge in [0.25, 0.3) is 5.91 Å². The molecule has 2 aromatic rings. The molecule has 8 heteroatoms. The lowest BCUT2D eigenvalue weighted by atomic mass is 9.98. The lowest BCUT2D eigenvalue weighted by molar-refractivity contribution is -0.116. The molecule has 1 atom stereocenters. The molecular formula is C27H38N4O4. The summed E-state index contributed by atoms with van der Waals surface area (Å²) in [6.45, 7) is 8.87. The third-order valence-corrected chi connectivity index (χ3v) is 4.86. The van der Waals surface area contributed by atoms with Gasteiger partial charge in [0.2, 0.25) is 6.41 Å². The topological polar surface area (TPSA) is 111 Å². The number of allylic oxidation sites excluding steroid dienone is 2.